The van der Waals surface area contributed by atoms with Crippen LogP contribution in [0.2, 0.25) is 0 Å². The molecule has 5 heteroatoms. The first-order valence-electron chi connectivity index (χ1n) is 7.24. The number of aromatic nitrogens is 1. The second-order valence-electron chi connectivity index (χ2n) is 5.11. The number of benzene rings is 1. The number of hydrogen-bond acceptors (Lipinski definition) is 4. The normalized spacial score (nSPS) is 10.6. The number of carboxylic acids is 1. The van der Waals surface area contributed by atoms with Crippen LogP contribution in [0.4, 0.5) is 0 Å². The standard InChI is InChI=1S/C18H16N2O3/c21-18(22)15-5-3-14(4-6-15)17-8-7-16(23-17)12-20-11-13-2-1-9-19-10-13/h1-10,20H,11-12H2,(H,21,22). The summed E-state index contributed by atoms with van der Waals surface area (Å²) in [6, 6.07) is 14.3. The summed E-state index contributed by atoms with van der Waals surface area (Å²) >= 11 is 0. The maximum Gasteiger partial charge on any atom is 0.335 e. The first kappa shape index (κ1) is 15.0. The van der Waals surface area contributed by atoms with Crippen molar-refractivity contribution < 1.29 is 14.3 Å². The summed E-state index contributed by atoms with van der Waals surface area (Å²) in [6.45, 7) is 1.33. The molecule has 0 fully saturated rings. The molecule has 0 amide bonds. The molecule has 0 bridgehead atoms. The van der Waals surface area contributed by atoms with Gasteiger partial charge < -0.3 is 14.8 Å². The molecule has 0 radical (unpaired) electrons. The highest BCUT2D eigenvalue weighted by molar-refractivity contribution is 5.88. The first-order valence-corrected chi connectivity index (χ1v) is 7.24. The molecule has 0 atom stereocenters. The Morgan fingerprint density at radius 1 is 1.09 bits per heavy atom. The third-order valence-corrected chi connectivity index (χ3v) is 3.43. The van der Waals surface area contributed by atoms with Gasteiger partial charge >= 0.3 is 5.97 Å². The van der Waals surface area contributed by atoms with Gasteiger partial charge in [-0.25, -0.2) is 4.79 Å². The molecule has 0 aliphatic carbocycles. The van der Waals surface area contributed by atoms with Gasteiger partial charge in [0.2, 0.25) is 0 Å². The minimum atomic E-state index is -0.934. The molecule has 116 valence electrons. The fraction of sp³-hybridized carbons (Fsp3) is 0.111. The monoisotopic (exact) mass is 308 g/mol. The number of hydrogen-bond donors (Lipinski definition) is 2. The lowest BCUT2D eigenvalue weighted by Crippen LogP contribution is -2.12. The van der Waals surface area contributed by atoms with Gasteiger partial charge in [-0.3, -0.25) is 4.98 Å². The molecule has 0 saturated heterocycles. The Morgan fingerprint density at radius 2 is 1.91 bits per heavy atom. The molecule has 0 aliphatic heterocycles. The van der Waals surface area contributed by atoms with E-state index < -0.39 is 5.97 Å². The zero-order chi connectivity index (χ0) is 16.1. The highest BCUT2D eigenvalue weighted by Crippen LogP contribution is 2.22. The van der Waals surface area contributed by atoms with Gasteiger partial charge in [-0.05, 0) is 35.9 Å². The van der Waals surface area contributed by atoms with Gasteiger partial charge in [0.15, 0.2) is 0 Å². The second kappa shape index (κ2) is 6.89. The summed E-state index contributed by atoms with van der Waals surface area (Å²) in [6.07, 6.45) is 3.57. The third kappa shape index (κ3) is 3.84. The largest absolute Gasteiger partial charge is 0.478 e. The van der Waals surface area contributed by atoms with Crippen LogP contribution in [0.3, 0.4) is 0 Å². The lowest BCUT2D eigenvalue weighted by atomic mass is 10.1. The number of aromatic carboxylic acids is 1. The van der Waals surface area contributed by atoms with Crippen molar-refractivity contribution in [1.29, 1.82) is 0 Å². The maximum atomic E-state index is 10.9. The summed E-state index contributed by atoms with van der Waals surface area (Å²) in [5.41, 5.74) is 2.23. The van der Waals surface area contributed by atoms with E-state index >= 15 is 0 Å². The van der Waals surface area contributed by atoms with Gasteiger partial charge in [0.25, 0.3) is 0 Å². The van der Waals surface area contributed by atoms with E-state index in [0.29, 0.717) is 6.54 Å². The zero-order valence-electron chi connectivity index (χ0n) is 12.4. The van der Waals surface area contributed by atoms with Crippen LogP contribution in [0.1, 0.15) is 21.7 Å². The Hall–Kier alpha value is -2.92. The van der Waals surface area contributed by atoms with E-state index in [2.05, 4.69) is 10.3 Å². The van der Waals surface area contributed by atoms with Crippen molar-refractivity contribution in [2.75, 3.05) is 0 Å². The van der Waals surface area contributed by atoms with Crippen LogP contribution in [-0.4, -0.2) is 16.1 Å². The number of pyridine rings is 1. The van der Waals surface area contributed by atoms with Crippen molar-refractivity contribution in [3.05, 3.63) is 77.8 Å². The number of nitrogens with zero attached hydrogens (tertiary/aromatic N) is 1. The first-order chi connectivity index (χ1) is 11.2. The molecule has 23 heavy (non-hydrogen) atoms. The predicted molar refractivity (Wildman–Crippen MR) is 85.9 cm³/mol. The average molecular weight is 308 g/mol. The van der Waals surface area contributed by atoms with E-state index in [0.717, 1.165) is 29.2 Å². The lowest BCUT2D eigenvalue weighted by Gasteiger charge is -2.02. The summed E-state index contributed by atoms with van der Waals surface area (Å²) in [5, 5.41) is 12.2. The van der Waals surface area contributed by atoms with Crippen molar-refractivity contribution in [3.63, 3.8) is 0 Å². The zero-order valence-corrected chi connectivity index (χ0v) is 12.4. The third-order valence-electron chi connectivity index (χ3n) is 3.43. The van der Waals surface area contributed by atoms with Crippen LogP contribution in [-0.2, 0) is 13.1 Å². The van der Waals surface area contributed by atoms with Crippen LogP contribution in [0, 0.1) is 0 Å². The SMILES string of the molecule is O=C(O)c1ccc(-c2ccc(CNCc3cccnc3)o2)cc1. The minimum absolute atomic E-state index is 0.263. The van der Waals surface area contributed by atoms with Crippen molar-refractivity contribution in [3.8, 4) is 11.3 Å². The van der Waals surface area contributed by atoms with Gasteiger partial charge in [0, 0.05) is 24.5 Å². The highest BCUT2D eigenvalue weighted by Gasteiger charge is 2.07. The van der Waals surface area contributed by atoms with Crippen LogP contribution >= 0.6 is 0 Å². The highest BCUT2D eigenvalue weighted by atomic mass is 16.4. The molecule has 2 aromatic heterocycles. The molecule has 0 spiro atoms. The fourth-order valence-corrected chi connectivity index (χ4v) is 2.24. The molecule has 3 aromatic rings. The summed E-state index contributed by atoms with van der Waals surface area (Å²) in [5.74, 6) is 0.614. The van der Waals surface area contributed by atoms with Crippen LogP contribution in [0.15, 0.2) is 65.3 Å². The average Bonchev–Trinajstić information content (AvgIpc) is 3.05. The second-order valence-corrected chi connectivity index (χ2v) is 5.11. The van der Waals surface area contributed by atoms with Gasteiger partial charge in [-0.15, -0.1) is 0 Å². The van der Waals surface area contributed by atoms with Crippen molar-refractivity contribution in [2.24, 2.45) is 0 Å². The molecular formula is C18H16N2O3. The topological polar surface area (TPSA) is 75.4 Å². The molecule has 0 aliphatic rings. The van der Waals surface area contributed by atoms with E-state index in [1.54, 1.807) is 30.5 Å². The predicted octanol–water partition coefficient (Wildman–Crippen LogP) is 3.33. The summed E-state index contributed by atoms with van der Waals surface area (Å²) < 4.78 is 5.78. The number of furan rings is 1. The van der Waals surface area contributed by atoms with Crippen molar-refractivity contribution in [2.45, 2.75) is 13.1 Å². The lowest BCUT2D eigenvalue weighted by molar-refractivity contribution is 0.0697. The van der Waals surface area contributed by atoms with E-state index in [4.69, 9.17) is 9.52 Å². The molecule has 0 unspecified atom stereocenters. The maximum absolute atomic E-state index is 10.9. The molecule has 0 saturated carbocycles. The van der Waals surface area contributed by atoms with Crippen LogP contribution in [0.25, 0.3) is 11.3 Å². The van der Waals surface area contributed by atoms with E-state index in [9.17, 15) is 4.79 Å². The van der Waals surface area contributed by atoms with Gasteiger partial charge in [0.1, 0.15) is 11.5 Å². The van der Waals surface area contributed by atoms with E-state index in [1.807, 2.05) is 30.5 Å². The fourth-order valence-electron chi connectivity index (χ4n) is 2.24. The minimum Gasteiger partial charge on any atom is -0.478 e. The number of carboxylic acid groups (broad SMARTS) is 1. The molecule has 2 N–H and O–H groups in total. The van der Waals surface area contributed by atoms with E-state index in [-0.39, 0.29) is 5.56 Å². The Labute approximate surface area is 133 Å². The van der Waals surface area contributed by atoms with Crippen molar-refractivity contribution >= 4 is 5.97 Å². The number of nitrogens with one attached hydrogen (secondary N) is 1. The number of rotatable bonds is 6. The molecule has 1 aromatic carbocycles. The molecule has 5 nitrogen and oxygen atoms in total. The Bertz CT molecular complexity index is 780. The van der Waals surface area contributed by atoms with Crippen LogP contribution in [0.5, 0.6) is 0 Å². The molecular weight excluding hydrogens is 292 g/mol. The Morgan fingerprint density at radius 3 is 2.61 bits per heavy atom. The van der Waals surface area contributed by atoms with Crippen LogP contribution < -0.4 is 5.32 Å². The number of carbonyl (C=O) groups is 1. The van der Waals surface area contributed by atoms with Crippen molar-refractivity contribution in [1.82, 2.24) is 10.3 Å². The molecule has 3 rings (SSSR count). The van der Waals surface area contributed by atoms with Gasteiger partial charge in [-0.2, -0.15) is 0 Å². The van der Waals surface area contributed by atoms with Gasteiger partial charge in [-0.1, -0.05) is 18.2 Å². The van der Waals surface area contributed by atoms with Gasteiger partial charge in [0.05, 0.1) is 12.1 Å². The quantitative estimate of drug-likeness (QED) is 0.730. The Kier molecular flexibility index (Phi) is 4.49. The smallest absolute Gasteiger partial charge is 0.335 e. The Balaban J connectivity index is 1.60. The van der Waals surface area contributed by atoms with E-state index in [1.165, 1.54) is 0 Å². The molecule has 2 heterocycles. The summed E-state index contributed by atoms with van der Waals surface area (Å²) in [4.78, 5) is 14.9. The summed E-state index contributed by atoms with van der Waals surface area (Å²) in [7, 11) is 0.